The van der Waals surface area contributed by atoms with Crippen molar-refractivity contribution in [2.75, 3.05) is 5.43 Å². The van der Waals surface area contributed by atoms with Crippen LogP contribution in [0.15, 0.2) is 66.9 Å². The molecule has 0 fully saturated rings. The van der Waals surface area contributed by atoms with Crippen LogP contribution in [0.1, 0.15) is 69.3 Å². The molecule has 0 saturated heterocycles. The molecule has 2 aromatic carbocycles. The molecule has 1 aliphatic carbocycles. The Bertz CT molecular complexity index is 1990. The molecule has 54 heavy (non-hydrogen) atoms. The molecule has 6 N–H and O–H groups in total. The zero-order valence-electron chi connectivity index (χ0n) is 30.5. The number of hydrogen-bond donors (Lipinski definition) is 6. The van der Waals surface area contributed by atoms with Gasteiger partial charge in [-0.1, -0.05) is 76.9 Å². The van der Waals surface area contributed by atoms with Gasteiger partial charge in [-0.2, -0.15) is 13.2 Å². The number of aromatic nitrogens is 2. The van der Waals surface area contributed by atoms with Crippen LogP contribution in [-0.4, -0.2) is 51.2 Å². The predicted octanol–water partition coefficient (Wildman–Crippen LogP) is 5.51. The number of benzene rings is 2. The van der Waals surface area contributed by atoms with Crippen LogP contribution in [0.2, 0.25) is 0 Å². The van der Waals surface area contributed by atoms with E-state index in [4.69, 9.17) is 0 Å². The summed E-state index contributed by atoms with van der Waals surface area (Å²) in [5.41, 5.74) is 3.61. The van der Waals surface area contributed by atoms with Gasteiger partial charge in [-0.3, -0.25) is 30.0 Å². The van der Waals surface area contributed by atoms with Crippen LogP contribution in [0.5, 0.6) is 0 Å². The fourth-order valence-electron chi connectivity index (χ4n) is 6.74. The second-order valence-electron chi connectivity index (χ2n) is 13.9. The Balaban J connectivity index is 1.49. The Hall–Kier alpha value is -5.47. The largest absolute Gasteiger partial charge is 0.418 e. The first-order valence-corrected chi connectivity index (χ1v) is 18.0. The lowest BCUT2D eigenvalue weighted by molar-refractivity contribution is -0.139. The number of carbonyl (C=O) groups excluding carboxylic acids is 4. The predicted molar refractivity (Wildman–Crippen MR) is 195 cm³/mol. The summed E-state index contributed by atoms with van der Waals surface area (Å²) in [5, 5.41) is 8.70. The zero-order chi connectivity index (χ0) is 39.2. The number of H-pyrrole nitrogens is 1. The van der Waals surface area contributed by atoms with Crippen molar-refractivity contribution in [3.05, 3.63) is 95.1 Å². The number of para-hydroxylation sites is 1. The van der Waals surface area contributed by atoms with E-state index in [1.54, 1.807) is 38.1 Å². The van der Waals surface area contributed by atoms with Crippen LogP contribution >= 0.6 is 0 Å². The van der Waals surface area contributed by atoms with E-state index in [0.29, 0.717) is 29.9 Å². The molecule has 2 aromatic heterocycles. The van der Waals surface area contributed by atoms with E-state index in [2.05, 4.69) is 36.8 Å². The minimum atomic E-state index is -4.65. The molecule has 1 aliphatic rings. The molecule has 0 radical (unpaired) electrons. The van der Waals surface area contributed by atoms with Crippen molar-refractivity contribution >= 4 is 40.3 Å². The van der Waals surface area contributed by atoms with Crippen molar-refractivity contribution in [1.29, 1.82) is 0 Å². The van der Waals surface area contributed by atoms with Gasteiger partial charge >= 0.3 is 6.18 Å². The zero-order valence-corrected chi connectivity index (χ0v) is 30.5. The van der Waals surface area contributed by atoms with Crippen molar-refractivity contribution in [1.82, 2.24) is 31.3 Å². The van der Waals surface area contributed by atoms with Crippen molar-refractivity contribution < 1.29 is 36.7 Å². The van der Waals surface area contributed by atoms with Crippen LogP contribution in [-0.2, 0) is 44.6 Å². The fraction of sp³-hybridized carbons (Fsp3) is 0.410. The van der Waals surface area contributed by atoms with Gasteiger partial charge in [0.1, 0.15) is 29.3 Å². The monoisotopic (exact) mass is 751 g/mol. The number of aromatic amines is 1. The van der Waals surface area contributed by atoms with Crippen LogP contribution < -0.4 is 26.8 Å². The molecule has 5 atom stereocenters. The summed E-state index contributed by atoms with van der Waals surface area (Å²) >= 11 is 0. The van der Waals surface area contributed by atoms with E-state index in [1.165, 1.54) is 36.5 Å². The summed E-state index contributed by atoms with van der Waals surface area (Å²) < 4.78 is 56.5. The van der Waals surface area contributed by atoms with Crippen molar-refractivity contribution in [2.45, 2.75) is 90.0 Å². The highest BCUT2D eigenvalue weighted by atomic mass is 19.4. The van der Waals surface area contributed by atoms with Crippen LogP contribution in [0, 0.1) is 17.7 Å². The maximum absolute atomic E-state index is 14.7. The molecular weight excluding hydrogens is 706 g/mol. The van der Waals surface area contributed by atoms with Gasteiger partial charge in [0.25, 0.3) is 5.91 Å². The highest BCUT2D eigenvalue weighted by Gasteiger charge is 2.47. The molecule has 5 rings (SSSR count). The lowest BCUT2D eigenvalue weighted by atomic mass is 9.78. The molecule has 0 saturated carbocycles. The van der Waals surface area contributed by atoms with Gasteiger partial charge < -0.3 is 20.9 Å². The highest BCUT2D eigenvalue weighted by molar-refractivity contribution is 5.99. The molecule has 2 unspecified atom stereocenters. The number of nitrogens with zero attached hydrogens (tertiary/aromatic N) is 1. The maximum atomic E-state index is 14.7. The fourth-order valence-corrected chi connectivity index (χ4v) is 6.74. The molecule has 0 spiro atoms. The van der Waals surface area contributed by atoms with E-state index >= 15 is 0 Å². The number of hydrazine groups is 1. The van der Waals surface area contributed by atoms with E-state index in [0.717, 1.165) is 6.07 Å². The summed E-state index contributed by atoms with van der Waals surface area (Å²) in [6, 6.07) is 12.4. The minimum Gasteiger partial charge on any atom is -0.358 e. The molecule has 0 bridgehead atoms. The molecule has 288 valence electrons. The van der Waals surface area contributed by atoms with Gasteiger partial charge in [0.05, 0.1) is 17.5 Å². The number of carbonyl (C=O) groups is 4. The number of rotatable bonds is 14. The first-order chi connectivity index (χ1) is 25.7. The molecule has 15 heteroatoms. The summed E-state index contributed by atoms with van der Waals surface area (Å²) in [5.74, 6) is -3.67. The topological polar surface area (TPSA) is 157 Å². The van der Waals surface area contributed by atoms with E-state index in [-0.39, 0.29) is 48.1 Å². The Morgan fingerprint density at radius 1 is 0.889 bits per heavy atom. The Morgan fingerprint density at radius 2 is 1.57 bits per heavy atom. The second-order valence-corrected chi connectivity index (χ2v) is 13.9. The third-order valence-corrected chi connectivity index (χ3v) is 10.3. The molecule has 0 aliphatic heterocycles. The van der Waals surface area contributed by atoms with Gasteiger partial charge in [0.2, 0.25) is 17.7 Å². The van der Waals surface area contributed by atoms with Gasteiger partial charge in [-0.15, -0.1) is 0 Å². The van der Waals surface area contributed by atoms with Crippen molar-refractivity contribution in [3.8, 4) is 0 Å². The van der Waals surface area contributed by atoms with E-state index in [9.17, 15) is 36.7 Å². The quantitative estimate of drug-likeness (QED) is 0.0737. The van der Waals surface area contributed by atoms with Gasteiger partial charge in [0, 0.05) is 23.7 Å². The number of amides is 4. The van der Waals surface area contributed by atoms with E-state index in [1.807, 2.05) is 13.8 Å². The van der Waals surface area contributed by atoms with Crippen LogP contribution in [0.3, 0.4) is 0 Å². The number of anilines is 1. The number of aryl methyl sites for hydroxylation is 1. The first-order valence-electron chi connectivity index (χ1n) is 18.0. The van der Waals surface area contributed by atoms with Gasteiger partial charge in [-0.25, -0.2) is 9.37 Å². The standard InChI is InChI=1S/C39H45F4N7O4/c1-5-22(3)32(46-31(51)20-24-12-7-8-15-28(24)40)35(52)48-38(18-17-29-26(21-38)25-13-11-14-27(34(25)45-29)39(41,42)43)37(54)47-33(23(4)6-2)36(53)50-49-30-16-9-10-19-44-30/h7-16,19,22-23,32-33,45H,5-6,17-18,20-21H2,1-4H3,(H,44,49)(H,46,51)(H,47,54)(H,48,52)(H,50,53)/t22?,23-,32-,33?,38+/m0/s1. The maximum Gasteiger partial charge on any atom is 0.418 e. The number of nitrogens with one attached hydrogen (secondary N) is 6. The molecule has 4 aromatic rings. The summed E-state index contributed by atoms with van der Waals surface area (Å²) in [4.78, 5) is 62.8. The normalized spacial score (nSPS) is 17.7. The summed E-state index contributed by atoms with van der Waals surface area (Å²) in [6.45, 7) is 7.19. The molecule has 2 heterocycles. The third-order valence-electron chi connectivity index (χ3n) is 10.3. The Labute approximate surface area is 310 Å². The number of pyridine rings is 1. The Kier molecular flexibility index (Phi) is 12.3. The summed E-state index contributed by atoms with van der Waals surface area (Å²) in [6.07, 6.45) is -2.69. The first kappa shape index (κ1) is 39.7. The highest BCUT2D eigenvalue weighted by Crippen LogP contribution is 2.40. The third kappa shape index (κ3) is 8.83. The lowest BCUT2D eigenvalue weighted by Crippen LogP contribution is -2.67. The van der Waals surface area contributed by atoms with Crippen LogP contribution in [0.25, 0.3) is 10.9 Å². The number of alkyl halides is 3. The number of fused-ring (bicyclic) bond motifs is 3. The lowest BCUT2D eigenvalue weighted by Gasteiger charge is -2.39. The van der Waals surface area contributed by atoms with E-state index < -0.39 is 64.7 Å². The van der Waals surface area contributed by atoms with Crippen molar-refractivity contribution in [2.24, 2.45) is 11.8 Å². The minimum absolute atomic E-state index is 0.0385. The number of hydrogen-bond acceptors (Lipinski definition) is 6. The van der Waals surface area contributed by atoms with Crippen LogP contribution in [0.4, 0.5) is 23.4 Å². The van der Waals surface area contributed by atoms with Gasteiger partial charge in [-0.05, 0) is 60.1 Å². The number of halogens is 4. The average molecular weight is 752 g/mol. The molecule has 4 amide bonds. The molecule has 11 nitrogen and oxygen atoms in total. The average Bonchev–Trinajstić information content (AvgIpc) is 3.52. The Morgan fingerprint density at radius 3 is 2.22 bits per heavy atom. The van der Waals surface area contributed by atoms with Crippen molar-refractivity contribution in [3.63, 3.8) is 0 Å². The second kappa shape index (κ2) is 16.7. The van der Waals surface area contributed by atoms with Gasteiger partial charge in [0.15, 0.2) is 0 Å². The SMILES string of the molecule is CCC(C)[C@H](NC(=O)Cc1ccccc1F)C(=O)N[C@]1(C(=O)NC(C(=O)NNc2ccccn2)[C@@H](C)CC)CCc2[nH]c3c(C(F)(F)F)cccc3c2C1. The summed E-state index contributed by atoms with van der Waals surface area (Å²) in [7, 11) is 0. The smallest absolute Gasteiger partial charge is 0.358 e. The molecular formula is C39H45F4N7O4.